The second-order valence-corrected chi connectivity index (χ2v) is 10.1. The van der Waals surface area contributed by atoms with Crippen LogP contribution in [-0.2, 0) is 16.1 Å². The van der Waals surface area contributed by atoms with E-state index in [-0.39, 0.29) is 55.3 Å². The number of benzene rings is 3. The Bertz CT molecular complexity index is 1450. The monoisotopic (exact) mass is 561 g/mol. The highest BCUT2D eigenvalue weighted by atomic mass is 19.1. The number of carbonyl (C=O) groups is 3. The van der Waals surface area contributed by atoms with Gasteiger partial charge in [-0.2, -0.15) is 0 Å². The fraction of sp³-hybridized carbons (Fsp3) is 0.323. The summed E-state index contributed by atoms with van der Waals surface area (Å²) < 4.78 is 31.3. The third-order valence-electron chi connectivity index (χ3n) is 7.45. The van der Waals surface area contributed by atoms with Gasteiger partial charge in [0.05, 0.1) is 31.2 Å². The second-order valence-electron chi connectivity index (χ2n) is 10.1. The molecule has 0 bridgehead atoms. The van der Waals surface area contributed by atoms with E-state index in [0.717, 1.165) is 0 Å². The minimum atomic E-state index is -0.428. The van der Waals surface area contributed by atoms with E-state index in [1.807, 2.05) is 0 Å². The standard InChI is InChI=1S/C31H32FN3O6/c1-35-26-12-11-23(16-29(36)33-17-20-6-3-4-9-25(20)32)41-28(26)18-40-27-13-10-21(15-24(27)31(35)38)34-30(37)19-7-5-8-22(14-19)39-2/h3-10,13-15,23,26,28H,11-12,16-18H2,1-2H3,(H,33,36)(H,34,37)/t23-,26-,28+/m0/s1. The van der Waals surface area contributed by atoms with Crippen molar-refractivity contribution >= 4 is 23.4 Å². The van der Waals surface area contributed by atoms with E-state index in [1.54, 1.807) is 72.6 Å². The summed E-state index contributed by atoms with van der Waals surface area (Å²) >= 11 is 0. The summed E-state index contributed by atoms with van der Waals surface area (Å²) in [5, 5.41) is 5.59. The minimum Gasteiger partial charge on any atom is -0.497 e. The molecule has 5 rings (SSSR count). The number of nitrogens with zero attached hydrogens (tertiary/aromatic N) is 1. The molecular weight excluding hydrogens is 529 g/mol. The van der Waals surface area contributed by atoms with Crippen LogP contribution in [0.5, 0.6) is 11.5 Å². The van der Waals surface area contributed by atoms with Crippen LogP contribution in [0.15, 0.2) is 66.7 Å². The van der Waals surface area contributed by atoms with Crippen molar-refractivity contribution in [3.63, 3.8) is 0 Å². The Morgan fingerprint density at radius 1 is 1.07 bits per heavy atom. The summed E-state index contributed by atoms with van der Waals surface area (Å²) in [5.41, 5.74) is 1.64. The molecule has 0 aliphatic carbocycles. The van der Waals surface area contributed by atoms with Crippen LogP contribution in [0.3, 0.4) is 0 Å². The maximum absolute atomic E-state index is 13.9. The van der Waals surface area contributed by atoms with E-state index >= 15 is 0 Å². The van der Waals surface area contributed by atoms with Gasteiger partial charge < -0.3 is 29.7 Å². The lowest BCUT2D eigenvalue weighted by Crippen LogP contribution is -2.53. The average molecular weight is 562 g/mol. The second kappa shape index (κ2) is 12.4. The normalized spacial score (nSPS) is 20.0. The first-order valence-electron chi connectivity index (χ1n) is 13.5. The lowest BCUT2D eigenvalue weighted by atomic mass is 9.94. The van der Waals surface area contributed by atoms with Crippen LogP contribution in [0.2, 0.25) is 0 Å². The fourth-order valence-corrected chi connectivity index (χ4v) is 5.19. The number of hydrogen-bond donors (Lipinski definition) is 2. The van der Waals surface area contributed by atoms with E-state index in [4.69, 9.17) is 14.2 Å². The van der Waals surface area contributed by atoms with E-state index in [0.29, 0.717) is 46.7 Å². The Labute approximate surface area is 237 Å². The quantitative estimate of drug-likeness (QED) is 0.449. The van der Waals surface area contributed by atoms with Crippen LogP contribution in [0.1, 0.15) is 45.5 Å². The zero-order chi connectivity index (χ0) is 28.9. The summed E-state index contributed by atoms with van der Waals surface area (Å²) in [6.45, 7) is 0.293. The lowest BCUT2D eigenvalue weighted by molar-refractivity contribution is -0.134. The Morgan fingerprint density at radius 3 is 2.71 bits per heavy atom. The molecule has 0 aromatic heterocycles. The largest absolute Gasteiger partial charge is 0.497 e. The third kappa shape index (κ3) is 6.49. The first-order chi connectivity index (χ1) is 19.8. The maximum Gasteiger partial charge on any atom is 0.257 e. The molecule has 2 aliphatic rings. The van der Waals surface area contributed by atoms with Crippen molar-refractivity contribution in [2.45, 2.75) is 44.1 Å². The molecule has 2 aliphatic heterocycles. The molecule has 3 amide bonds. The van der Waals surface area contributed by atoms with E-state index in [2.05, 4.69) is 10.6 Å². The van der Waals surface area contributed by atoms with Crippen molar-refractivity contribution in [3.05, 3.63) is 89.2 Å². The first-order valence-corrected chi connectivity index (χ1v) is 13.5. The van der Waals surface area contributed by atoms with Crippen molar-refractivity contribution in [3.8, 4) is 11.5 Å². The Balaban J connectivity index is 1.22. The topological polar surface area (TPSA) is 106 Å². The Morgan fingerprint density at radius 2 is 1.90 bits per heavy atom. The predicted molar refractivity (Wildman–Crippen MR) is 150 cm³/mol. The number of amides is 3. The zero-order valence-corrected chi connectivity index (χ0v) is 22.9. The van der Waals surface area contributed by atoms with Gasteiger partial charge in [-0.15, -0.1) is 0 Å². The summed E-state index contributed by atoms with van der Waals surface area (Å²) in [6, 6.07) is 17.8. The van der Waals surface area contributed by atoms with Gasteiger partial charge in [0.25, 0.3) is 11.8 Å². The fourth-order valence-electron chi connectivity index (χ4n) is 5.19. The van der Waals surface area contributed by atoms with Crippen molar-refractivity contribution in [1.82, 2.24) is 10.2 Å². The first kappa shape index (κ1) is 28.1. The number of fused-ring (bicyclic) bond motifs is 2. The number of methoxy groups -OCH3 is 1. The molecule has 41 heavy (non-hydrogen) atoms. The lowest BCUT2D eigenvalue weighted by Gasteiger charge is -2.42. The maximum atomic E-state index is 13.9. The zero-order valence-electron chi connectivity index (χ0n) is 22.9. The van der Waals surface area contributed by atoms with Gasteiger partial charge in [0.15, 0.2) is 0 Å². The van der Waals surface area contributed by atoms with E-state index in [9.17, 15) is 18.8 Å². The smallest absolute Gasteiger partial charge is 0.257 e. The van der Waals surface area contributed by atoms with Crippen molar-refractivity contribution < 1.29 is 33.0 Å². The Hall–Kier alpha value is -4.44. The number of rotatable bonds is 7. The van der Waals surface area contributed by atoms with Crippen molar-refractivity contribution in [2.75, 3.05) is 26.1 Å². The number of hydrogen-bond acceptors (Lipinski definition) is 6. The van der Waals surface area contributed by atoms with Gasteiger partial charge in [0, 0.05) is 30.4 Å². The van der Waals surface area contributed by atoms with Crippen LogP contribution in [0.25, 0.3) is 0 Å². The van der Waals surface area contributed by atoms with Crippen LogP contribution in [0, 0.1) is 5.82 Å². The van der Waals surface area contributed by atoms with Gasteiger partial charge in [-0.1, -0.05) is 24.3 Å². The molecule has 214 valence electrons. The summed E-state index contributed by atoms with van der Waals surface area (Å²) in [7, 11) is 3.25. The van der Waals surface area contributed by atoms with Gasteiger partial charge in [-0.25, -0.2) is 4.39 Å². The van der Waals surface area contributed by atoms with Crippen molar-refractivity contribution in [2.24, 2.45) is 0 Å². The van der Waals surface area contributed by atoms with Crippen LogP contribution < -0.4 is 20.1 Å². The molecule has 3 aromatic rings. The highest BCUT2D eigenvalue weighted by Crippen LogP contribution is 2.32. The highest BCUT2D eigenvalue weighted by Gasteiger charge is 2.39. The Kier molecular flexibility index (Phi) is 8.49. The molecule has 0 unspecified atom stereocenters. The number of nitrogens with one attached hydrogen (secondary N) is 2. The van der Waals surface area contributed by atoms with Gasteiger partial charge in [-0.05, 0) is 55.3 Å². The molecule has 3 atom stereocenters. The molecular formula is C31H32FN3O6. The van der Waals surface area contributed by atoms with Gasteiger partial charge in [-0.3, -0.25) is 14.4 Å². The van der Waals surface area contributed by atoms with Gasteiger partial charge in [0.1, 0.15) is 30.0 Å². The van der Waals surface area contributed by atoms with E-state index in [1.165, 1.54) is 13.2 Å². The number of halogens is 1. The number of ether oxygens (including phenoxy) is 3. The summed E-state index contributed by atoms with van der Waals surface area (Å²) in [4.78, 5) is 40.5. The minimum absolute atomic E-state index is 0.101. The molecule has 1 fully saturated rings. The molecule has 9 nitrogen and oxygen atoms in total. The number of carbonyl (C=O) groups excluding carboxylic acids is 3. The molecule has 0 spiro atoms. The molecule has 1 saturated heterocycles. The predicted octanol–water partition coefficient (Wildman–Crippen LogP) is 4.17. The van der Waals surface area contributed by atoms with Gasteiger partial charge in [0.2, 0.25) is 5.91 Å². The molecule has 10 heteroatoms. The average Bonchev–Trinajstić information content (AvgIpc) is 2.99. The number of likely N-dealkylation sites (N-methyl/N-ethyl adjacent to an activating group) is 1. The molecule has 2 N–H and O–H groups in total. The van der Waals surface area contributed by atoms with Crippen LogP contribution >= 0.6 is 0 Å². The van der Waals surface area contributed by atoms with Crippen LogP contribution in [-0.4, -0.2) is 61.6 Å². The summed E-state index contributed by atoms with van der Waals surface area (Å²) in [6.07, 6.45) is 0.556. The van der Waals surface area contributed by atoms with E-state index < -0.39 is 6.10 Å². The third-order valence-corrected chi connectivity index (χ3v) is 7.45. The van der Waals surface area contributed by atoms with Crippen molar-refractivity contribution in [1.29, 1.82) is 0 Å². The molecule has 3 aromatic carbocycles. The molecule has 0 radical (unpaired) electrons. The van der Waals surface area contributed by atoms with Gasteiger partial charge >= 0.3 is 0 Å². The highest BCUT2D eigenvalue weighted by molar-refractivity contribution is 6.05. The van der Waals surface area contributed by atoms with Crippen LogP contribution in [0.4, 0.5) is 10.1 Å². The molecule has 0 saturated carbocycles. The summed E-state index contributed by atoms with van der Waals surface area (Å²) in [5.74, 6) is -0.237. The number of anilines is 1. The molecule has 2 heterocycles. The SMILES string of the molecule is COc1cccc(C(=O)Nc2ccc3c(c2)C(=O)N(C)[C@H]2CC[C@@H](CC(=O)NCc4ccccc4F)O[C@@H]2CO3)c1.